The Morgan fingerprint density at radius 3 is 2.21 bits per heavy atom. The smallest absolute Gasteiger partial charge is 0.142 e. The lowest BCUT2D eigenvalue weighted by atomic mass is 9.87. The van der Waals surface area contributed by atoms with E-state index in [4.69, 9.17) is 26.9 Å². The fraction of sp³-hybridized carbons (Fsp3) is 0.478. The van der Waals surface area contributed by atoms with Crippen LogP contribution in [-0.2, 0) is 11.4 Å². The van der Waals surface area contributed by atoms with Gasteiger partial charge < -0.3 is 16.2 Å². The van der Waals surface area contributed by atoms with E-state index < -0.39 is 0 Å². The summed E-state index contributed by atoms with van der Waals surface area (Å²) in [5.74, 6) is 6.39. The highest BCUT2D eigenvalue weighted by atomic mass is 16.6. The van der Waals surface area contributed by atoms with Gasteiger partial charge in [-0.1, -0.05) is 32.4 Å². The van der Waals surface area contributed by atoms with Crippen molar-refractivity contribution in [2.24, 2.45) is 5.90 Å². The Balaban J connectivity index is 2.06. The van der Waals surface area contributed by atoms with E-state index in [0.29, 0.717) is 23.9 Å². The quantitative estimate of drug-likeness (QED) is 0.395. The van der Waals surface area contributed by atoms with Gasteiger partial charge >= 0.3 is 0 Å². The number of hydrogen-bond acceptors (Lipinski definition) is 5. The summed E-state index contributed by atoms with van der Waals surface area (Å²) in [4.78, 5) is 4.78. The molecule has 5 nitrogen and oxygen atoms in total. The number of anilines is 2. The topological polar surface area (TPSA) is 96.5 Å². The van der Waals surface area contributed by atoms with Crippen LogP contribution in [0.4, 0.5) is 11.4 Å². The van der Waals surface area contributed by atoms with Crippen LogP contribution in [0.5, 0.6) is 5.75 Å². The zero-order valence-corrected chi connectivity index (χ0v) is 17.6. The van der Waals surface area contributed by atoms with Crippen molar-refractivity contribution in [2.45, 2.75) is 72.0 Å². The van der Waals surface area contributed by atoms with Gasteiger partial charge in [-0.05, 0) is 79.5 Å². The largest absolute Gasteiger partial charge is 0.488 e. The standard InChI is InChI=1S/C23H35N3O2/c1-5-6-20(28-22-10-8-19(24)13-21(22)25)9-7-15(2)23-16(3)11-18(14-27-26)12-17(23)4/h8,10-13,15,20H,5-7,9,14,24-26H2,1-4H3. The molecule has 2 rings (SSSR count). The molecule has 0 aliphatic rings. The average molecular weight is 386 g/mol. The molecule has 2 aromatic carbocycles. The fourth-order valence-electron chi connectivity index (χ4n) is 4.04. The molecule has 5 heteroatoms. The van der Waals surface area contributed by atoms with E-state index in [1.54, 1.807) is 6.07 Å². The van der Waals surface area contributed by atoms with Crippen LogP contribution in [0, 0.1) is 13.8 Å². The van der Waals surface area contributed by atoms with E-state index in [1.165, 1.54) is 16.7 Å². The summed E-state index contributed by atoms with van der Waals surface area (Å²) in [6.07, 6.45) is 4.24. The number of nitrogens with two attached hydrogens (primary N) is 3. The summed E-state index contributed by atoms with van der Waals surface area (Å²) in [6, 6.07) is 9.78. The molecule has 6 N–H and O–H groups in total. The van der Waals surface area contributed by atoms with Gasteiger partial charge in [-0.3, -0.25) is 4.84 Å². The van der Waals surface area contributed by atoms with Gasteiger partial charge in [-0.25, -0.2) is 5.90 Å². The summed E-state index contributed by atoms with van der Waals surface area (Å²) >= 11 is 0. The van der Waals surface area contributed by atoms with E-state index in [-0.39, 0.29) is 6.10 Å². The van der Waals surface area contributed by atoms with Gasteiger partial charge in [0.2, 0.25) is 0 Å². The molecule has 0 amide bonds. The Morgan fingerprint density at radius 2 is 1.64 bits per heavy atom. The van der Waals surface area contributed by atoms with Crippen LogP contribution in [0.3, 0.4) is 0 Å². The normalized spacial score (nSPS) is 13.3. The number of hydrogen-bond donors (Lipinski definition) is 3. The Hall–Kier alpha value is -2.24. The van der Waals surface area contributed by atoms with E-state index in [9.17, 15) is 0 Å². The van der Waals surface area contributed by atoms with Crippen molar-refractivity contribution >= 4 is 11.4 Å². The van der Waals surface area contributed by atoms with Crippen molar-refractivity contribution in [2.75, 3.05) is 11.5 Å². The van der Waals surface area contributed by atoms with Gasteiger partial charge in [0.15, 0.2) is 0 Å². The molecule has 28 heavy (non-hydrogen) atoms. The molecule has 2 unspecified atom stereocenters. The fourth-order valence-corrected chi connectivity index (χ4v) is 4.04. The Bertz CT molecular complexity index is 753. The van der Waals surface area contributed by atoms with E-state index >= 15 is 0 Å². The monoisotopic (exact) mass is 385 g/mol. The van der Waals surface area contributed by atoms with E-state index in [1.807, 2.05) is 12.1 Å². The van der Waals surface area contributed by atoms with Crippen LogP contribution >= 0.6 is 0 Å². The molecule has 0 aliphatic heterocycles. The van der Waals surface area contributed by atoms with Crippen LogP contribution in [0.15, 0.2) is 30.3 Å². The second-order valence-corrected chi connectivity index (χ2v) is 7.76. The minimum absolute atomic E-state index is 0.143. The lowest BCUT2D eigenvalue weighted by Gasteiger charge is -2.23. The van der Waals surface area contributed by atoms with Gasteiger partial charge in [-0.15, -0.1) is 0 Å². The Labute approximate surface area is 169 Å². The first-order valence-corrected chi connectivity index (χ1v) is 10.1. The highest BCUT2D eigenvalue weighted by Crippen LogP contribution is 2.31. The molecule has 2 atom stereocenters. The van der Waals surface area contributed by atoms with Gasteiger partial charge in [0.05, 0.1) is 18.4 Å². The van der Waals surface area contributed by atoms with E-state index in [0.717, 1.165) is 37.0 Å². The summed E-state index contributed by atoms with van der Waals surface area (Å²) in [5.41, 5.74) is 18.2. The molecule has 2 aromatic rings. The van der Waals surface area contributed by atoms with Crippen LogP contribution < -0.4 is 22.1 Å². The molecular weight excluding hydrogens is 350 g/mol. The summed E-state index contributed by atoms with van der Waals surface area (Å²) in [6.45, 7) is 9.22. The predicted molar refractivity (Wildman–Crippen MR) is 117 cm³/mol. The second-order valence-electron chi connectivity index (χ2n) is 7.76. The molecule has 0 spiro atoms. The molecular formula is C23H35N3O2. The van der Waals surface area contributed by atoms with Crippen LogP contribution in [0.25, 0.3) is 0 Å². The third-order valence-electron chi connectivity index (χ3n) is 5.26. The zero-order chi connectivity index (χ0) is 20.7. The average Bonchev–Trinajstić information content (AvgIpc) is 2.61. The molecule has 0 saturated heterocycles. The highest BCUT2D eigenvalue weighted by molar-refractivity contribution is 5.60. The van der Waals surface area contributed by atoms with E-state index in [2.05, 4.69) is 39.8 Å². The Kier molecular flexibility index (Phi) is 8.15. The lowest BCUT2D eigenvalue weighted by Crippen LogP contribution is -2.18. The summed E-state index contributed by atoms with van der Waals surface area (Å²) < 4.78 is 6.23. The van der Waals surface area contributed by atoms with Crippen LogP contribution in [0.1, 0.15) is 67.7 Å². The Morgan fingerprint density at radius 1 is 0.964 bits per heavy atom. The summed E-state index contributed by atoms with van der Waals surface area (Å²) in [5, 5.41) is 0. The first-order valence-electron chi connectivity index (χ1n) is 10.1. The maximum absolute atomic E-state index is 6.23. The molecule has 0 radical (unpaired) electrons. The highest BCUT2D eigenvalue weighted by Gasteiger charge is 2.17. The number of benzene rings is 2. The number of ether oxygens (including phenoxy) is 1. The van der Waals surface area contributed by atoms with Gasteiger partial charge in [0, 0.05) is 5.69 Å². The predicted octanol–water partition coefficient (Wildman–Crippen LogP) is 4.99. The molecule has 0 heterocycles. The lowest BCUT2D eigenvalue weighted by molar-refractivity contribution is 0.124. The van der Waals surface area contributed by atoms with Crippen LogP contribution in [-0.4, -0.2) is 6.10 Å². The van der Waals surface area contributed by atoms with Gasteiger partial charge in [0.1, 0.15) is 5.75 Å². The number of nitrogen functional groups attached to an aromatic ring is 2. The minimum atomic E-state index is 0.143. The minimum Gasteiger partial charge on any atom is -0.488 e. The van der Waals surface area contributed by atoms with Crippen molar-refractivity contribution < 1.29 is 9.57 Å². The molecule has 0 fully saturated rings. The van der Waals surface area contributed by atoms with Crippen molar-refractivity contribution in [3.8, 4) is 5.75 Å². The number of aryl methyl sites for hydroxylation is 2. The maximum atomic E-state index is 6.23. The van der Waals surface area contributed by atoms with Crippen LogP contribution in [0.2, 0.25) is 0 Å². The maximum Gasteiger partial charge on any atom is 0.142 e. The number of rotatable bonds is 10. The molecule has 0 saturated carbocycles. The first-order chi connectivity index (χ1) is 13.3. The van der Waals surface area contributed by atoms with Crippen molar-refractivity contribution in [3.05, 3.63) is 52.6 Å². The third kappa shape index (κ3) is 5.88. The summed E-state index contributed by atoms with van der Waals surface area (Å²) in [7, 11) is 0. The van der Waals surface area contributed by atoms with Gasteiger partial charge in [-0.2, -0.15) is 0 Å². The van der Waals surface area contributed by atoms with Crippen molar-refractivity contribution in [1.29, 1.82) is 0 Å². The van der Waals surface area contributed by atoms with Crippen molar-refractivity contribution in [1.82, 2.24) is 0 Å². The third-order valence-corrected chi connectivity index (χ3v) is 5.26. The molecule has 0 aliphatic carbocycles. The first kappa shape index (κ1) is 22.1. The molecule has 154 valence electrons. The van der Waals surface area contributed by atoms with Gasteiger partial charge in [0.25, 0.3) is 0 Å². The molecule has 0 bridgehead atoms. The van der Waals surface area contributed by atoms with Crippen molar-refractivity contribution in [3.63, 3.8) is 0 Å². The second kappa shape index (κ2) is 10.3. The SMILES string of the molecule is CCCC(CCC(C)c1c(C)cc(CON)cc1C)Oc1ccc(N)cc1N. The molecule has 0 aromatic heterocycles. The zero-order valence-electron chi connectivity index (χ0n) is 17.6.